The van der Waals surface area contributed by atoms with E-state index in [0.717, 1.165) is 27.6 Å². The van der Waals surface area contributed by atoms with E-state index < -0.39 is 19.9 Å². The fourth-order valence-corrected chi connectivity index (χ4v) is 6.88. The smallest absolute Gasteiger partial charge is 0.243 e. The van der Waals surface area contributed by atoms with Crippen molar-refractivity contribution in [3.05, 3.63) is 47.5 Å². The van der Waals surface area contributed by atoms with Gasteiger partial charge in [-0.3, -0.25) is 4.79 Å². The molecule has 0 unspecified atom stereocenters. The quantitative estimate of drug-likeness (QED) is 0.567. The highest BCUT2D eigenvalue weighted by Gasteiger charge is 2.32. The number of aromatic nitrogens is 1. The van der Waals surface area contributed by atoms with Crippen LogP contribution in [0.3, 0.4) is 0 Å². The summed E-state index contributed by atoms with van der Waals surface area (Å²) in [5.74, 6) is -0.461. The molecule has 8 nitrogen and oxygen atoms in total. The lowest BCUT2D eigenvalue weighted by Crippen LogP contribution is -2.41. The van der Waals surface area contributed by atoms with Crippen molar-refractivity contribution in [2.24, 2.45) is 5.92 Å². The van der Waals surface area contributed by atoms with Crippen molar-refractivity contribution >= 4 is 52.5 Å². The number of carbonyl (C=O) groups excluding carboxylic acids is 1. The molecule has 1 aliphatic heterocycles. The van der Waals surface area contributed by atoms with Gasteiger partial charge < -0.3 is 5.32 Å². The minimum Gasteiger partial charge on any atom is -0.302 e. The lowest BCUT2D eigenvalue weighted by molar-refractivity contribution is -0.120. The molecule has 1 fully saturated rings. The van der Waals surface area contributed by atoms with Gasteiger partial charge in [0.1, 0.15) is 0 Å². The normalized spacial score (nSPS) is 16.2. The second-order valence-electron chi connectivity index (χ2n) is 8.28. The average molecular weight is 508 g/mol. The molecule has 0 saturated carbocycles. The summed E-state index contributed by atoms with van der Waals surface area (Å²) in [6.45, 7) is 4.46. The maximum absolute atomic E-state index is 12.9. The van der Waals surface area contributed by atoms with Crippen LogP contribution in [0.1, 0.15) is 24.0 Å². The lowest BCUT2D eigenvalue weighted by atomic mass is 9.97. The Hall–Kier alpha value is -2.34. The zero-order valence-electron chi connectivity index (χ0n) is 18.5. The van der Waals surface area contributed by atoms with Gasteiger partial charge in [0.05, 0.1) is 20.0 Å². The number of hydrogen-bond acceptors (Lipinski definition) is 7. The van der Waals surface area contributed by atoms with E-state index in [9.17, 15) is 21.6 Å². The Bertz CT molecular complexity index is 1420. The zero-order chi connectivity index (χ0) is 24.0. The number of piperidine rings is 1. The maximum Gasteiger partial charge on any atom is 0.243 e. The third-order valence-electron chi connectivity index (χ3n) is 6.03. The average Bonchev–Trinajstić information content (AvgIpc) is 3.19. The van der Waals surface area contributed by atoms with E-state index in [1.54, 1.807) is 0 Å². The molecule has 0 spiro atoms. The Kier molecular flexibility index (Phi) is 6.34. The van der Waals surface area contributed by atoms with Gasteiger partial charge >= 0.3 is 0 Å². The van der Waals surface area contributed by atoms with Gasteiger partial charge in [-0.1, -0.05) is 17.4 Å². The third kappa shape index (κ3) is 4.81. The first kappa shape index (κ1) is 23.8. The van der Waals surface area contributed by atoms with Crippen LogP contribution < -0.4 is 5.32 Å². The fourth-order valence-electron chi connectivity index (χ4n) is 3.85. The SMILES string of the molecule is Cc1ccc2sc(NC(=O)C3CCN(S(=O)(=O)c4ccc(S(C)(=O)=O)cc4)CC3)nc2c1C. The standard InChI is InChI=1S/C22H25N3O5S3/c1-14-4-9-19-20(15(14)2)23-22(31-19)24-21(26)16-10-12-25(13-11-16)33(29,30)18-7-5-17(6-8-18)32(3,27)28/h4-9,16H,10-13H2,1-3H3,(H,23,24,26). The molecule has 0 atom stereocenters. The summed E-state index contributed by atoms with van der Waals surface area (Å²) >= 11 is 1.43. The number of fused-ring (bicyclic) bond motifs is 1. The van der Waals surface area contributed by atoms with E-state index in [-0.39, 0.29) is 34.7 Å². The number of amides is 1. The van der Waals surface area contributed by atoms with E-state index in [1.807, 2.05) is 26.0 Å². The molecular formula is C22H25N3O5S3. The molecule has 2 heterocycles. The fraction of sp³-hybridized carbons (Fsp3) is 0.364. The van der Waals surface area contributed by atoms with E-state index in [1.165, 1.54) is 39.9 Å². The third-order valence-corrected chi connectivity index (χ3v) is 10.0. The Morgan fingerprint density at radius 3 is 2.21 bits per heavy atom. The number of benzene rings is 2. The highest BCUT2D eigenvalue weighted by atomic mass is 32.2. The molecule has 0 aliphatic carbocycles. The molecule has 2 aromatic carbocycles. The highest BCUT2D eigenvalue weighted by molar-refractivity contribution is 7.90. The second kappa shape index (κ2) is 8.79. The van der Waals surface area contributed by atoms with Gasteiger partial charge in [-0.2, -0.15) is 4.31 Å². The van der Waals surface area contributed by atoms with E-state index in [4.69, 9.17) is 0 Å². The molecule has 0 radical (unpaired) electrons. The first-order chi connectivity index (χ1) is 15.5. The summed E-state index contributed by atoms with van der Waals surface area (Å²) in [4.78, 5) is 17.5. The highest BCUT2D eigenvalue weighted by Crippen LogP contribution is 2.31. The molecule has 1 aromatic heterocycles. The van der Waals surface area contributed by atoms with Crippen LogP contribution in [0, 0.1) is 19.8 Å². The summed E-state index contributed by atoms with van der Waals surface area (Å²) in [6.07, 6.45) is 1.87. The molecule has 0 bridgehead atoms. The van der Waals surface area contributed by atoms with Crippen molar-refractivity contribution in [1.82, 2.24) is 9.29 Å². The van der Waals surface area contributed by atoms with E-state index in [2.05, 4.69) is 10.3 Å². The van der Waals surface area contributed by atoms with Crippen molar-refractivity contribution in [3.8, 4) is 0 Å². The molecule has 176 valence electrons. The van der Waals surface area contributed by atoms with Crippen molar-refractivity contribution in [3.63, 3.8) is 0 Å². The summed E-state index contributed by atoms with van der Waals surface area (Å²) in [5, 5.41) is 3.44. The van der Waals surface area contributed by atoms with Crippen LogP contribution in [0.25, 0.3) is 10.2 Å². The maximum atomic E-state index is 12.9. The molecule has 1 N–H and O–H groups in total. The minimum absolute atomic E-state index is 0.0398. The van der Waals surface area contributed by atoms with Crippen molar-refractivity contribution in [1.29, 1.82) is 0 Å². The number of nitrogens with zero attached hydrogens (tertiary/aromatic N) is 2. The van der Waals surface area contributed by atoms with E-state index in [0.29, 0.717) is 18.0 Å². The minimum atomic E-state index is -3.76. The lowest BCUT2D eigenvalue weighted by Gasteiger charge is -2.30. The van der Waals surface area contributed by atoms with Gasteiger partial charge in [0.2, 0.25) is 15.9 Å². The monoisotopic (exact) mass is 507 g/mol. The summed E-state index contributed by atoms with van der Waals surface area (Å²) in [5.41, 5.74) is 3.12. The predicted molar refractivity (Wildman–Crippen MR) is 129 cm³/mol. The number of hydrogen-bond donors (Lipinski definition) is 1. The number of sulfonamides is 1. The molecule has 1 aliphatic rings. The van der Waals surface area contributed by atoms with Gasteiger partial charge in [0.25, 0.3) is 0 Å². The van der Waals surface area contributed by atoms with Crippen LogP contribution in [0.4, 0.5) is 5.13 Å². The Balaban J connectivity index is 1.41. The Morgan fingerprint density at radius 1 is 1.00 bits per heavy atom. The van der Waals surface area contributed by atoms with Crippen LogP contribution in [0.2, 0.25) is 0 Å². The number of sulfone groups is 1. The van der Waals surface area contributed by atoms with Crippen LogP contribution >= 0.6 is 11.3 Å². The first-order valence-electron chi connectivity index (χ1n) is 10.4. The first-order valence-corrected chi connectivity index (χ1v) is 14.6. The molecular weight excluding hydrogens is 482 g/mol. The zero-order valence-corrected chi connectivity index (χ0v) is 21.0. The Labute approximate surface area is 197 Å². The summed E-state index contributed by atoms with van der Waals surface area (Å²) in [7, 11) is -7.17. The van der Waals surface area contributed by atoms with Crippen LogP contribution in [-0.4, -0.2) is 51.4 Å². The molecule has 4 rings (SSSR count). The number of rotatable bonds is 5. The second-order valence-corrected chi connectivity index (χ2v) is 13.3. The number of thiazole rings is 1. The Morgan fingerprint density at radius 2 is 1.61 bits per heavy atom. The summed E-state index contributed by atoms with van der Waals surface area (Å²) < 4.78 is 51.5. The molecule has 3 aromatic rings. The van der Waals surface area contributed by atoms with Gasteiger partial charge in [-0.05, 0) is 68.1 Å². The largest absolute Gasteiger partial charge is 0.302 e. The van der Waals surface area contributed by atoms with Gasteiger partial charge in [0.15, 0.2) is 15.0 Å². The van der Waals surface area contributed by atoms with Crippen molar-refractivity contribution in [2.75, 3.05) is 24.7 Å². The topological polar surface area (TPSA) is 114 Å². The van der Waals surface area contributed by atoms with Crippen LogP contribution in [0.5, 0.6) is 0 Å². The number of carbonyl (C=O) groups is 1. The van der Waals surface area contributed by atoms with Gasteiger partial charge in [-0.25, -0.2) is 21.8 Å². The predicted octanol–water partition coefficient (Wildman–Crippen LogP) is 3.36. The molecule has 33 heavy (non-hydrogen) atoms. The van der Waals surface area contributed by atoms with Crippen molar-refractivity contribution in [2.45, 2.75) is 36.5 Å². The van der Waals surface area contributed by atoms with Crippen LogP contribution in [-0.2, 0) is 24.7 Å². The number of aryl methyl sites for hydroxylation is 2. The number of anilines is 1. The van der Waals surface area contributed by atoms with Gasteiger partial charge in [0, 0.05) is 25.3 Å². The summed E-state index contributed by atoms with van der Waals surface area (Å²) in [6, 6.07) is 9.24. The molecule has 1 saturated heterocycles. The molecule has 11 heteroatoms. The van der Waals surface area contributed by atoms with Crippen molar-refractivity contribution < 1.29 is 21.6 Å². The number of nitrogens with one attached hydrogen (secondary N) is 1. The van der Waals surface area contributed by atoms with Gasteiger partial charge in [-0.15, -0.1) is 0 Å². The van der Waals surface area contributed by atoms with E-state index >= 15 is 0 Å². The van der Waals surface area contributed by atoms with Crippen LogP contribution in [0.15, 0.2) is 46.2 Å². The molecule has 1 amide bonds.